The fraction of sp³-hybridized carbons (Fsp3) is 0.263. The lowest BCUT2D eigenvalue weighted by molar-refractivity contribution is -0.123. The summed E-state index contributed by atoms with van der Waals surface area (Å²) < 4.78 is 12.2. The zero-order valence-electron chi connectivity index (χ0n) is 14.7. The number of nitrogens with zero attached hydrogens (tertiary/aromatic N) is 1. The number of thioether (sulfide) groups is 2. The maximum Gasteiger partial charge on any atom is 0.277 e. The van der Waals surface area contributed by atoms with Gasteiger partial charge >= 0.3 is 0 Å². The van der Waals surface area contributed by atoms with Gasteiger partial charge in [-0.15, -0.1) is 23.5 Å². The van der Waals surface area contributed by atoms with Crippen molar-refractivity contribution >= 4 is 58.2 Å². The lowest BCUT2D eigenvalue weighted by Crippen LogP contribution is -2.24. The van der Waals surface area contributed by atoms with Gasteiger partial charge in [0.05, 0.1) is 21.5 Å². The third kappa shape index (κ3) is 6.05. The van der Waals surface area contributed by atoms with E-state index in [0.29, 0.717) is 10.3 Å². The molecular weight excluding hydrogens is 495 g/mol. The Hall–Kier alpha value is -1.39. The smallest absolute Gasteiger partial charge is 0.277 e. The monoisotopic (exact) mass is 514 g/mol. The molecule has 0 bridgehead atoms. The van der Waals surface area contributed by atoms with E-state index in [2.05, 4.69) is 45.3 Å². The van der Waals surface area contributed by atoms with Crippen LogP contribution < -0.4 is 14.9 Å². The predicted octanol–water partition coefficient (Wildman–Crippen LogP) is 4.31. The lowest BCUT2D eigenvalue weighted by atomic mass is 10.2. The zero-order chi connectivity index (χ0) is 19.1. The molecule has 2 aromatic rings. The first-order valence-corrected chi connectivity index (χ1v) is 11.4. The second kappa shape index (κ2) is 10.2. The molecule has 0 aliphatic carbocycles. The fourth-order valence-electron chi connectivity index (χ4n) is 2.39. The molecule has 1 amide bonds. The quantitative estimate of drug-likeness (QED) is 0.339. The number of benzene rings is 2. The Kier molecular flexibility index (Phi) is 7.71. The first-order valence-electron chi connectivity index (χ1n) is 8.27. The van der Waals surface area contributed by atoms with E-state index in [1.165, 1.54) is 17.1 Å². The Morgan fingerprint density at radius 1 is 1.26 bits per heavy atom. The number of hydrogen-bond donors (Lipinski definition) is 1. The van der Waals surface area contributed by atoms with Gasteiger partial charge in [0, 0.05) is 11.5 Å². The molecule has 0 spiro atoms. The predicted molar refractivity (Wildman–Crippen MR) is 121 cm³/mol. The Balaban J connectivity index is 1.44. The molecule has 142 valence electrons. The first-order chi connectivity index (χ1) is 13.2. The van der Waals surface area contributed by atoms with E-state index in [-0.39, 0.29) is 12.5 Å². The second-order valence-corrected chi connectivity index (χ2v) is 9.50. The third-order valence-electron chi connectivity index (χ3n) is 3.72. The van der Waals surface area contributed by atoms with Crippen LogP contribution in [0.25, 0.3) is 0 Å². The summed E-state index contributed by atoms with van der Waals surface area (Å²) in [5.74, 6) is 3.57. The molecule has 3 rings (SSSR count). The number of hydrogen-bond acceptors (Lipinski definition) is 6. The molecule has 1 heterocycles. The lowest BCUT2D eigenvalue weighted by Gasteiger charge is -2.10. The van der Waals surface area contributed by atoms with Crippen LogP contribution in [-0.4, -0.2) is 37.3 Å². The summed E-state index contributed by atoms with van der Waals surface area (Å²) in [7, 11) is 1.63. The molecule has 8 heteroatoms. The molecule has 1 aliphatic rings. The van der Waals surface area contributed by atoms with Crippen molar-refractivity contribution in [1.82, 2.24) is 5.43 Å². The Morgan fingerprint density at radius 3 is 2.67 bits per heavy atom. The van der Waals surface area contributed by atoms with Crippen molar-refractivity contribution in [2.45, 2.75) is 4.58 Å². The summed E-state index contributed by atoms with van der Waals surface area (Å²) in [5.41, 5.74) is 4.64. The first kappa shape index (κ1) is 20.3. The Labute approximate surface area is 180 Å². The average Bonchev–Trinajstić information content (AvgIpc) is 3.22. The van der Waals surface area contributed by atoms with E-state index >= 15 is 0 Å². The maximum atomic E-state index is 11.9. The topological polar surface area (TPSA) is 59.9 Å². The summed E-state index contributed by atoms with van der Waals surface area (Å²) >= 11 is 6.12. The minimum Gasteiger partial charge on any atom is -0.496 e. The molecule has 1 fully saturated rings. The van der Waals surface area contributed by atoms with Gasteiger partial charge in [-0.3, -0.25) is 4.79 Å². The number of nitrogens with one attached hydrogen (secondary N) is 1. The number of carbonyl (C=O) groups is 1. The Bertz CT molecular complexity index is 809. The number of methoxy groups -OCH3 is 1. The summed E-state index contributed by atoms with van der Waals surface area (Å²) in [5, 5.41) is 3.96. The zero-order valence-corrected chi connectivity index (χ0v) is 18.5. The van der Waals surface area contributed by atoms with Crippen LogP contribution in [0.15, 0.2) is 47.6 Å². The van der Waals surface area contributed by atoms with Gasteiger partial charge in [0.25, 0.3) is 5.91 Å². The van der Waals surface area contributed by atoms with Crippen LogP contribution in [0.2, 0.25) is 0 Å². The average molecular weight is 514 g/mol. The highest BCUT2D eigenvalue weighted by Crippen LogP contribution is 2.45. The molecule has 2 aromatic carbocycles. The summed E-state index contributed by atoms with van der Waals surface area (Å²) in [6.07, 6.45) is 1.59. The molecule has 27 heavy (non-hydrogen) atoms. The molecule has 0 atom stereocenters. The number of rotatable bonds is 7. The van der Waals surface area contributed by atoms with Gasteiger partial charge in [-0.2, -0.15) is 5.10 Å². The van der Waals surface area contributed by atoms with Crippen molar-refractivity contribution in [1.29, 1.82) is 0 Å². The van der Waals surface area contributed by atoms with Crippen molar-refractivity contribution in [3.05, 3.63) is 57.2 Å². The fourth-order valence-corrected chi connectivity index (χ4v) is 6.01. The molecule has 0 radical (unpaired) electrons. The molecule has 1 saturated heterocycles. The molecule has 5 nitrogen and oxygen atoms in total. The van der Waals surface area contributed by atoms with Crippen LogP contribution >= 0.6 is 46.1 Å². The summed E-state index contributed by atoms with van der Waals surface area (Å²) in [6.45, 7) is -0.0796. The van der Waals surface area contributed by atoms with Crippen LogP contribution in [0.4, 0.5) is 0 Å². The van der Waals surface area contributed by atoms with E-state index < -0.39 is 0 Å². The largest absolute Gasteiger partial charge is 0.496 e. The van der Waals surface area contributed by atoms with Crippen LogP contribution in [0.3, 0.4) is 0 Å². The number of amides is 1. The number of carbonyl (C=O) groups excluding carboxylic acids is 1. The normalized spacial score (nSPS) is 14.4. The van der Waals surface area contributed by atoms with Gasteiger partial charge in [0.1, 0.15) is 11.5 Å². The van der Waals surface area contributed by atoms with E-state index in [0.717, 1.165) is 14.9 Å². The van der Waals surface area contributed by atoms with E-state index in [1.807, 2.05) is 53.9 Å². The maximum absolute atomic E-state index is 11.9. The molecular formula is C19H19IN2O3S2. The highest BCUT2D eigenvalue weighted by molar-refractivity contribution is 14.1. The molecule has 0 unspecified atom stereocenters. The van der Waals surface area contributed by atoms with Crippen molar-refractivity contribution in [2.75, 3.05) is 25.2 Å². The standard InChI is InChI=1S/C19H19IN2O3S2/c1-24-17-7-2-13(10-16(17)20)11-21-22-18(23)12-25-15-5-3-14(4-6-15)19-26-8-9-27-19/h2-7,10-11,19H,8-9,12H2,1H3,(H,22,23)/b21-11-. The SMILES string of the molecule is COc1ccc(/C=N\NC(=O)COc2ccc(C3SCCS3)cc2)cc1I. The summed E-state index contributed by atoms with van der Waals surface area (Å²) in [6, 6.07) is 13.6. The van der Waals surface area contributed by atoms with Gasteiger partial charge in [0.15, 0.2) is 6.61 Å². The van der Waals surface area contributed by atoms with Crippen LogP contribution in [0, 0.1) is 3.57 Å². The number of halogens is 1. The van der Waals surface area contributed by atoms with Gasteiger partial charge in [-0.05, 0) is 64.0 Å². The van der Waals surface area contributed by atoms with Crippen LogP contribution in [-0.2, 0) is 4.79 Å². The van der Waals surface area contributed by atoms with E-state index in [4.69, 9.17) is 9.47 Å². The molecule has 1 aliphatic heterocycles. The van der Waals surface area contributed by atoms with E-state index in [1.54, 1.807) is 13.3 Å². The Morgan fingerprint density at radius 2 is 2.00 bits per heavy atom. The van der Waals surface area contributed by atoms with Crippen molar-refractivity contribution in [2.24, 2.45) is 5.10 Å². The van der Waals surface area contributed by atoms with Crippen molar-refractivity contribution in [3.8, 4) is 11.5 Å². The minimum absolute atomic E-state index is 0.0796. The van der Waals surface area contributed by atoms with Crippen LogP contribution in [0.1, 0.15) is 15.7 Å². The number of ether oxygens (including phenoxy) is 2. The third-order valence-corrected chi connectivity index (χ3v) is 7.67. The van der Waals surface area contributed by atoms with E-state index in [9.17, 15) is 4.79 Å². The second-order valence-electron chi connectivity index (χ2n) is 5.62. The van der Waals surface area contributed by atoms with Gasteiger partial charge in [0.2, 0.25) is 0 Å². The molecule has 0 saturated carbocycles. The molecule has 1 N–H and O–H groups in total. The highest BCUT2D eigenvalue weighted by atomic mass is 127. The van der Waals surface area contributed by atoms with Gasteiger partial charge in [-0.25, -0.2) is 5.43 Å². The van der Waals surface area contributed by atoms with Gasteiger partial charge < -0.3 is 9.47 Å². The minimum atomic E-state index is -0.305. The highest BCUT2D eigenvalue weighted by Gasteiger charge is 2.17. The van der Waals surface area contributed by atoms with Crippen molar-refractivity contribution < 1.29 is 14.3 Å². The number of hydrazone groups is 1. The van der Waals surface area contributed by atoms with Crippen LogP contribution in [0.5, 0.6) is 11.5 Å². The van der Waals surface area contributed by atoms with Crippen molar-refractivity contribution in [3.63, 3.8) is 0 Å². The molecule has 0 aromatic heterocycles. The van der Waals surface area contributed by atoms with Gasteiger partial charge in [-0.1, -0.05) is 12.1 Å². The summed E-state index contributed by atoms with van der Waals surface area (Å²) in [4.78, 5) is 11.9.